The monoisotopic (exact) mass is 352 g/mol. The highest BCUT2D eigenvalue weighted by Crippen LogP contribution is 2.37. The first-order valence-corrected chi connectivity index (χ1v) is 9.47. The van der Waals surface area contributed by atoms with E-state index >= 15 is 0 Å². The number of piperidine rings is 1. The van der Waals surface area contributed by atoms with Crippen molar-refractivity contribution < 1.29 is 9.90 Å². The van der Waals surface area contributed by atoms with Gasteiger partial charge in [0.25, 0.3) is 0 Å². The van der Waals surface area contributed by atoms with Gasteiger partial charge in [0.15, 0.2) is 0 Å². The quantitative estimate of drug-likeness (QED) is 0.759. The minimum atomic E-state index is -0.716. The normalized spacial score (nSPS) is 19.8. The summed E-state index contributed by atoms with van der Waals surface area (Å²) in [4.78, 5) is 19.4. The van der Waals surface area contributed by atoms with Gasteiger partial charge in [-0.05, 0) is 53.9 Å². The Bertz CT molecular complexity index is 878. The number of pyridine rings is 1. The van der Waals surface area contributed by atoms with Gasteiger partial charge >= 0.3 is 5.97 Å². The molecule has 4 rings (SSSR count). The van der Waals surface area contributed by atoms with Crippen LogP contribution in [-0.2, 0) is 4.79 Å². The van der Waals surface area contributed by atoms with E-state index in [1.807, 2.05) is 18.3 Å². The van der Waals surface area contributed by atoms with Crippen molar-refractivity contribution in [2.45, 2.75) is 31.3 Å². The average Bonchev–Trinajstić information content (AvgIpc) is 3.16. The largest absolute Gasteiger partial charge is 0.480 e. The molecule has 1 aliphatic heterocycles. The van der Waals surface area contributed by atoms with Gasteiger partial charge < -0.3 is 5.11 Å². The number of aromatic nitrogens is 1. The van der Waals surface area contributed by atoms with E-state index in [4.69, 9.17) is 0 Å². The molecule has 1 fully saturated rings. The third-order valence-electron chi connectivity index (χ3n) is 4.95. The number of benzene rings is 1. The number of hydrogen-bond acceptors (Lipinski definition) is 4. The zero-order valence-corrected chi connectivity index (χ0v) is 14.7. The number of rotatable bonds is 4. The summed E-state index contributed by atoms with van der Waals surface area (Å²) in [6.07, 6.45) is 6.40. The second-order valence-corrected chi connectivity index (χ2v) is 7.47. The molecule has 4 nitrogen and oxygen atoms in total. The minimum absolute atomic E-state index is 0.0148. The molecule has 1 aliphatic rings. The van der Waals surface area contributed by atoms with Gasteiger partial charge in [-0.15, -0.1) is 11.3 Å². The van der Waals surface area contributed by atoms with Crippen LogP contribution in [0.4, 0.5) is 0 Å². The van der Waals surface area contributed by atoms with Gasteiger partial charge in [-0.1, -0.05) is 24.6 Å². The summed E-state index contributed by atoms with van der Waals surface area (Å²) < 4.78 is 0. The van der Waals surface area contributed by atoms with Crippen molar-refractivity contribution in [1.82, 2.24) is 9.88 Å². The van der Waals surface area contributed by atoms with Gasteiger partial charge in [-0.2, -0.15) is 0 Å². The summed E-state index contributed by atoms with van der Waals surface area (Å²) in [6, 6.07) is 12.1. The molecule has 0 spiro atoms. The lowest BCUT2D eigenvalue weighted by atomic mass is 9.94. The van der Waals surface area contributed by atoms with Crippen molar-refractivity contribution in [1.29, 1.82) is 0 Å². The standard InChI is InChI=1S/C20H20N2O2S/c23-20(24)17-4-1-2-10-22(17)19(18-5-3-11-25-18)15-6-7-16-13-21-9-8-14(16)12-15/h3,5-9,11-13,17,19H,1-2,4,10H2,(H,23,24). The molecule has 0 amide bonds. The lowest BCUT2D eigenvalue weighted by Crippen LogP contribution is -2.46. The maximum absolute atomic E-state index is 11.8. The Hall–Kier alpha value is -2.24. The molecule has 1 saturated heterocycles. The number of carbonyl (C=O) groups is 1. The highest BCUT2D eigenvalue weighted by atomic mass is 32.1. The minimum Gasteiger partial charge on any atom is -0.480 e. The van der Waals surface area contributed by atoms with Crippen molar-refractivity contribution in [2.75, 3.05) is 6.54 Å². The lowest BCUT2D eigenvalue weighted by Gasteiger charge is -2.39. The first-order chi connectivity index (χ1) is 12.2. The van der Waals surface area contributed by atoms with E-state index in [0.717, 1.165) is 35.7 Å². The molecular formula is C20H20N2O2S. The Morgan fingerprint density at radius 3 is 2.96 bits per heavy atom. The van der Waals surface area contributed by atoms with Crippen molar-refractivity contribution >= 4 is 28.1 Å². The molecular weight excluding hydrogens is 332 g/mol. The molecule has 0 bridgehead atoms. The number of aliphatic carboxylic acids is 1. The van der Waals surface area contributed by atoms with E-state index < -0.39 is 12.0 Å². The van der Waals surface area contributed by atoms with Crippen LogP contribution >= 0.6 is 11.3 Å². The fourth-order valence-electron chi connectivity index (χ4n) is 3.77. The molecule has 25 heavy (non-hydrogen) atoms. The average molecular weight is 352 g/mol. The highest BCUT2D eigenvalue weighted by molar-refractivity contribution is 7.10. The van der Waals surface area contributed by atoms with Gasteiger partial charge in [-0.25, -0.2) is 0 Å². The van der Waals surface area contributed by atoms with Crippen LogP contribution in [0.15, 0.2) is 54.2 Å². The third kappa shape index (κ3) is 3.17. The summed E-state index contributed by atoms with van der Waals surface area (Å²) in [5.41, 5.74) is 1.15. The Morgan fingerprint density at radius 1 is 1.24 bits per heavy atom. The Balaban J connectivity index is 1.81. The molecule has 1 N–H and O–H groups in total. The predicted molar refractivity (Wildman–Crippen MR) is 99.9 cm³/mol. The predicted octanol–water partition coefficient (Wildman–Crippen LogP) is 4.32. The summed E-state index contributed by atoms with van der Waals surface area (Å²) in [5, 5.41) is 14.0. The first kappa shape index (κ1) is 16.2. The van der Waals surface area contributed by atoms with Crippen LogP contribution in [-0.4, -0.2) is 33.5 Å². The molecule has 3 aromatic rings. The Morgan fingerprint density at radius 2 is 2.16 bits per heavy atom. The number of likely N-dealkylation sites (tertiary alicyclic amines) is 1. The maximum atomic E-state index is 11.8. The number of thiophene rings is 1. The van der Waals surface area contributed by atoms with Crippen LogP contribution in [0.5, 0.6) is 0 Å². The molecule has 1 aromatic carbocycles. The van der Waals surface area contributed by atoms with Gasteiger partial charge in [0.2, 0.25) is 0 Å². The van der Waals surface area contributed by atoms with E-state index in [1.165, 1.54) is 4.88 Å². The molecule has 2 unspecified atom stereocenters. The zero-order valence-electron chi connectivity index (χ0n) is 13.8. The van der Waals surface area contributed by atoms with Crippen LogP contribution in [0.2, 0.25) is 0 Å². The van der Waals surface area contributed by atoms with Gasteiger partial charge in [-0.3, -0.25) is 14.7 Å². The number of fused-ring (bicyclic) bond motifs is 1. The molecule has 0 saturated carbocycles. The topological polar surface area (TPSA) is 53.4 Å². The second-order valence-electron chi connectivity index (χ2n) is 6.49. The molecule has 2 atom stereocenters. The SMILES string of the molecule is O=C(O)C1CCCCN1C(c1ccc2cnccc2c1)c1cccs1. The highest BCUT2D eigenvalue weighted by Gasteiger charge is 2.35. The third-order valence-corrected chi connectivity index (χ3v) is 5.88. The van der Waals surface area contributed by atoms with E-state index in [9.17, 15) is 9.90 Å². The summed E-state index contributed by atoms with van der Waals surface area (Å²) in [6.45, 7) is 0.813. The zero-order chi connectivity index (χ0) is 17.2. The lowest BCUT2D eigenvalue weighted by molar-refractivity contribution is -0.145. The summed E-state index contributed by atoms with van der Waals surface area (Å²) in [5.74, 6) is -0.716. The fourth-order valence-corrected chi connectivity index (χ4v) is 4.64. The van der Waals surface area contributed by atoms with Crippen molar-refractivity contribution in [2.24, 2.45) is 0 Å². The molecule has 128 valence electrons. The number of hydrogen-bond donors (Lipinski definition) is 1. The van der Waals surface area contributed by atoms with E-state index in [1.54, 1.807) is 17.5 Å². The van der Waals surface area contributed by atoms with Crippen molar-refractivity contribution in [3.63, 3.8) is 0 Å². The van der Waals surface area contributed by atoms with Gasteiger partial charge in [0, 0.05) is 22.7 Å². The number of nitrogens with zero attached hydrogens (tertiary/aromatic N) is 2. The fraction of sp³-hybridized carbons (Fsp3) is 0.300. The maximum Gasteiger partial charge on any atom is 0.320 e. The van der Waals surface area contributed by atoms with E-state index in [2.05, 4.69) is 39.5 Å². The Labute approximate surface area is 150 Å². The smallest absolute Gasteiger partial charge is 0.320 e. The molecule has 0 aliphatic carbocycles. The molecule has 2 aromatic heterocycles. The molecule has 3 heterocycles. The van der Waals surface area contributed by atoms with Crippen LogP contribution in [0.25, 0.3) is 10.8 Å². The van der Waals surface area contributed by atoms with E-state index in [-0.39, 0.29) is 6.04 Å². The van der Waals surface area contributed by atoms with Crippen LogP contribution in [0.3, 0.4) is 0 Å². The molecule has 0 radical (unpaired) electrons. The van der Waals surface area contributed by atoms with Crippen LogP contribution < -0.4 is 0 Å². The second kappa shape index (κ2) is 6.94. The van der Waals surface area contributed by atoms with Crippen LogP contribution in [0.1, 0.15) is 35.7 Å². The van der Waals surface area contributed by atoms with E-state index in [0.29, 0.717) is 6.42 Å². The van der Waals surface area contributed by atoms with Crippen LogP contribution in [0, 0.1) is 0 Å². The number of carboxylic acid groups (broad SMARTS) is 1. The van der Waals surface area contributed by atoms with Crippen molar-refractivity contribution in [3.8, 4) is 0 Å². The van der Waals surface area contributed by atoms with Gasteiger partial charge in [0.1, 0.15) is 6.04 Å². The summed E-state index contributed by atoms with van der Waals surface area (Å²) >= 11 is 1.69. The van der Waals surface area contributed by atoms with Crippen molar-refractivity contribution in [3.05, 3.63) is 64.6 Å². The summed E-state index contributed by atoms with van der Waals surface area (Å²) in [7, 11) is 0. The van der Waals surface area contributed by atoms with Gasteiger partial charge in [0.05, 0.1) is 6.04 Å². The first-order valence-electron chi connectivity index (χ1n) is 8.59. The number of carboxylic acids is 1. The Kier molecular flexibility index (Phi) is 4.51. The molecule has 5 heteroatoms.